The van der Waals surface area contributed by atoms with Crippen molar-refractivity contribution in [3.05, 3.63) is 41.7 Å². The number of methoxy groups -OCH3 is 1. The number of hydrogen-bond acceptors (Lipinski definition) is 19. The highest BCUT2D eigenvalue weighted by Gasteiger charge is 2.53. The van der Waals surface area contributed by atoms with Crippen LogP contribution in [0, 0.1) is 23.7 Å². The van der Waals surface area contributed by atoms with E-state index >= 15 is 0 Å². The lowest BCUT2D eigenvalue weighted by molar-refractivity contribution is -0.318. The summed E-state index contributed by atoms with van der Waals surface area (Å²) in [4.78, 5) is 42.9. The number of rotatable bonds is 17. The number of ether oxygens (including phenoxy) is 8. The molecular formula is C52H84N4O16. The van der Waals surface area contributed by atoms with E-state index in [0.717, 1.165) is 5.69 Å². The molecule has 0 unspecified atom stereocenters. The number of para-hydroxylation sites is 1. The fraction of sp³-hybridized carbons (Fsp3) is 0.788. The van der Waals surface area contributed by atoms with E-state index < -0.39 is 126 Å². The second kappa shape index (κ2) is 25.2. The molecule has 20 nitrogen and oxygen atoms in total. The van der Waals surface area contributed by atoms with Crippen LogP contribution in [-0.4, -0.2) is 181 Å². The zero-order valence-electron chi connectivity index (χ0n) is 44.6. The van der Waals surface area contributed by atoms with Gasteiger partial charge in [0.2, 0.25) is 0 Å². The number of Topliss-reactive ketones (excluding diaryl/α,β-unsaturated/α-hetero) is 1. The SMILES string of the molecule is CCOC(=O)c1ccccc1OCCn1cc(CCCN(C)[C@H]2C[C@@H](C)O[C@@H](O[C@@H]3[C@@H](C)[C@H](O[C@H]4C[C@@](C)(OC)[C@@H](O)[C@H](C)O4)[C@@H](C)C(=O)O[C@H](CC)[C@@](C)(O)[C@H](O)[C@@H](C)C(=O)[C@H](C)C[C@@]3(C)O)[C@@H]2O)nn1. The van der Waals surface area contributed by atoms with Crippen LogP contribution in [0.5, 0.6) is 5.75 Å². The zero-order chi connectivity index (χ0) is 53.5. The monoisotopic (exact) mass is 1020 g/mol. The van der Waals surface area contributed by atoms with E-state index in [0.29, 0.717) is 43.7 Å². The predicted molar refractivity (Wildman–Crippen MR) is 261 cm³/mol. The summed E-state index contributed by atoms with van der Waals surface area (Å²) in [7, 11) is 3.38. The van der Waals surface area contributed by atoms with Gasteiger partial charge in [-0.25, -0.2) is 9.48 Å². The van der Waals surface area contributed by atoms with Gasteiger partial charge in [0.1, 0.15) is 47.6 Å². The molecule has 18 atom stereocenters. The van der Waals surface area contributed by atoms with Crippen LogP contribution in [0.4, 0.5) is 0 Å². The summed E-state index contributed by atoms with van der Waals surface area (Å²) in [5, 5.41) is 67.8. The molecule has 2 aromatic rings. The van der Waals surface area contributed by atoms with Gasteiger partial charge in [-0.2, -0.15) is 0 Å². The molecule has 20 heteroatoms. The number of nitrogens with zero attached hydrogens (tertiary/aromatic N) is 4. The van der Waals surface area contributed by atoms with Gasteiger partial charge in [0, 0.05) is 43.5 Å². The van der Waals surface area contributed by atoms with Crippen molar-refractivity contribution in [1.29, 1.82) is 0 Å². The molecule has 4 heterocycles. The molecule has 5 rings (SSSR count). The number of carbonyl (C=O) groups excluding carboxylic acids is 3. The second-order valence-corrected chi connectivity index (χ2v) is 21.1. The van der Waals surface area contributed by atoms with Crippen LogP contribution in [0.2, 0.25) is 0 Å². The summed E-state index contributed by atoms with van der Waals surface area (Å²) >= 11 is 0. The number of cyclic esters (lactones) is 1. The van der Waals surface area contributed by atoms with Gasteiger partial charge in [0.05, 0.1) is 66.5 Å². The molecule has 1 aromatic heterocycles. The summed E-state index contributed by atoms with van der Waals surface area (Å²) in [5.41, 5.74) is -3.89. The third kappa shape index (κ3) is 14.0. The average molecular weight is 1020 g/mol. The Labute approximate surface area is 424 Å². The number of aliphatic hydroxyl groups is 5. The van der Waals surface area contributed by atoms with Gasteiger partial charge in [-0.1, -0.05) is 45.0 Å². The van der Waals surface area contributed by atoms with Crippen LogP contribution >= 0.6 is 0 Å². The summed E-state index contributed by atoms with van der Waals surface area (Å²) in [6.45, 7) is 19.5. The molecule has 0 radical (unpaired) electrons. The minimum absolute atomic E-state index is 0.0580. The van der Waals surface area contributed by atoms with Crippen LogP contribution in [0.15, 0.2) is 30.5 Å². The minimum Gasteiger partial charge on any atom is -0.491 e. The van der Waals surface area contributed by atoms with E-state index in [1.165, 1.54) is 27.9 Å². The van der Waals surface area contributed by atoms with Crippen LogP contribution in [0.25, 0.3) is 0 Å². The van der Waals surface area contributed by atoms with E-state index in [-0.39, 0.29) is 32.5 Å². The van der Waals surface area contributed by atoms with Crippen LogP contribution < -0.4 is 4.74 Å². The smallest absolute Gasteiger partial charge is 0.341 e. The third-order valence-corrected chi connectivity index (χ3v) is 15.2. The maximum atomic E-state index is 14.4. The number of aryl methyl sites for hydroxylation is 1. The molecule has 0 amide bonds. The molecule has 408 valence electrons. The van der Waals surface area contributed by atoms with Gasteiger partial charge in [-0.3, -0.25) is 9.59 Å². The highest BCUT2D eigenvalue weighted by Crippen LogP contribution is 2.41. The Morgan fingerprint density at radius 2 is 1.64 bits per heavy atom. The van der Waals surface area contributed by atoms with Gasteiger partial charge in [0.25, 0.3) is 0 Å². The number of esters is 2. The fourth-order valence-corrected chi connectivity index (χ4v) is 10.8. The summed E-state index contributed by atoms with van der Waals surface area (Å²) in [5.74, 6) is -5.30. The van der Waals surface area contributed by atoms with Gasteiger partial charge >= 0.3 is 11.9 Å². The van der Waals surface area contributed by atoms with Crippen molar-refractivity contribution in [3.63, 3.8) is 0 Å². The average Bonchev–Trinajstić information content (AvgIpc) is 3.79. The van der Waals surface area contributed by atoms with Crippen molar-refractivity contribution in [2.24, 2.45) is 23.7 Å². The topological polar surface area (TPSA) is 260 Å². The first-order chi connectivity index (χ1) is 33.8. The first kappa shape index (κ1) is 59.2. The first-order valence-electron chi connectivity index (χ1n) is 25.7. The minimum atomic E-state index is -2.04. The summed E-state index contributed by atoms with van der Waals surface area (Å²) in [6.07, 6.45) is -7.49. The Bertz CT molecular complexity index is 2070. The van der Waals surface area contributed by atoms with E-state index in [4.69, 9.17) is 37.9 Å². The van der Waals surface area contributed by atoms with Crippen molar-refractivity contribution in [2.45, 2.75) is 205 Å². The van der Waals surface area contributed by atoms with Crippen molar-refractivity contribution >= 4 is 17.7 Å². The van der Waals surface area contributed by atoms with Gasteiger partial charge in [-0.15, -0.1) is 5.10 Å². The normalized spacial score (nSPS) is 38.5. The van der Waals surface area contributed by atoms with Crippen LogP contribution in [0.1, 0.15) is 124 Å². The Hall–Kier alpha value is -3.67. The van der Waals surface area contributed by atoms with Crippen molar-refractivity contribution < 1.29 is 77.8 Å². The Kier molecular flexibility index (Phi) is 20.8. The molecule has 5 N–H and O–H groups in total. The van der Waals surface area contributed by atoms with E-state index in [9.17, 15) is 39.9 Å². The number of hydrogen-bond donors (Lipinski definition) is 5. The number of aromatic nitrogens is 3. The van der Waals surface area contributed by atoms with Gasteiger partial charge in [0.15, 0.2) is 12.6 Å². The van der Waals surface area contributed by atoms with Crippen molar-refractivity contribution in [1.82, 2.24) is 19.9 Å². The Morgan fingerprint density at radius 1 is 0.944 bits per heavy atom. The second-order valence-electron chi connectivity index (χ2n) is 21.1. The quantitative estimate of drug-likeness (QED) is 0.142. The maximum absolute atomic E-state index is 14.4. The highest BCUT2D eigenvalue weighted by atomic mass is 16.7. The molecule has 3 aliphatic heterocycles. The Morgan fingerprint density at radius 3 is 2.31 bits per heavy atom. The summed E-state index contributed by atoms with van der Waals surface area (Å²) in [6, 6.07) is 6.44. The maximum Gasteiger partial charge on any atom is 0.341 e. The van der Waals surface area contributed by atoms with Gasteiger partial charge < -0.3 is 68.3 Å². The van der Waals surface area contributed by atoms with Crippen molar-refractivity contribution in [2.75, 3.05) is 33.9 Å². The molecule has 0 saturated carbocycles. The Balaban J connectivity index is 1.36. The summed E-state index contributed by atoms with van der Waals surface area (Å²) < 4.78 is 50.5. The van der Waals surface area contributed by atoms with Gasteiger partial charge in [-0.05, 0) is 106 Å². The van der Waals surface area contributed by atoms with Crippen LogP contribution in [0.3, 0.4) is 0 Å². The standard InChI is InChI=1S/C52H84N4O16/c1-14-39-52(11,64)44(59)31(5)41(57)29(3)26-50(9,63)46(32(6)43(33(7)47(61)70-39)71-40-27-51(10,65-13)45(60)34(8)69-40)72-49-42(58)37(25-30(4)68-49)55(12)22-18-19-35-28-56(54-53-35)23-24-67-38-21-17-16-20-36(38)48(62)66-15-2/h16-17,20-21,28-34,37,39-40,42-46,49,58-60,63-64H,14-15,18-19,22-27H2,1-13H3/t29-,30-,31+,32+,33-,34+,37+,39-,40+,42-,43+,44-,45+,46-,49+,50-,51-,52-/m1/s1. The molecule has 72 heavy (non-hydrogen) atoms. The lowest BCUT2D eigenvalue weighted by atomic mass is 9.74. The molecule has 0 bridgehead atoms. The molecule has 0 spiro atoms. The molecule has 1 aromatic carbocycles. The van der Waals surface area contributed by atoms with Crippen molar-refractivity contribution in [3.8, 4) is 5.75 Å². The number of ketones is 1. The first-order valence-corrected chi connectivity index (χ1v) is 25.7. The molecular weight excluding hydrogens is 937 g/mol. The molecule has 0 aliphatic carbocycles. The number of likely N-dealkylation sites (N-methyl/N-ethyl adjacent to an activating group) is 1. The molecule has 3 fully saturated rings. The lowest BCUT2D eigenvalue weighted by Crippen LogP contribution is -2.61. The highest BCUT2D eigenvalue weighted by molar-refractivity contribution is 5.92. The number of benzene rings is 1. The third-order valence-electron chi connectivity index (χ3n) is 15.2. The number of carbonyl (C=O) groups is 3. The lowest BCUT2D eigenvalue weighted by Gasteiger charge is -2.49. The van der Waals surface area contributed by atoms with E-state index in [1.807, 2.05) is 25.1 Å². The van der Waals surface area contributed by atoms with E-state index in [2.05, 4.69) is 10.3 Å². The van der Waals surface area contributed by atoms with E-state index in [1.54, 1.807) is 77.4 Å². The molecule has 3 saturated heterocycles. The van der Waals surface area contributed by atoms with Crippen LogP contribution in [-0.2, 0) is 55.7 Å². The zero-order valence-corrected chi connectivity index (χ0v) is 44.6. The molecule has 3 aliphatic rings. The number of aliphatic hydroxyl groups excluding tert-OH is 3. The predicted octanol–water partition coefficient (Wildman–Crippen LogP) is 3.64. The fourth-order valence-electron chi connectivity index (χ4n) is 10.8. The largest absolute Gasteiger partial charge is 0.491 e.